The third kappa shape index (κ3) is 2.67. The van der Waals surface area contributed by atoms with Gasteiger partial charge in [0.05, 0.1) is 0 Å². The molecule has 0 atom stereocenters. The van der Waals surface area contributed by atoms with Crippen LogP contribution >= 0.6 is 0 Å². The number of nitrogens with one attached hydrogen (secondary N) is 1. The SMILES string of the molecule is CN(C)C(=O)N1CCC(NC2CCC2)CC1. The van der Waals surface area contributed by atoms with Crippen LogP contribution in [0.1, 0.15) is 32.1 Å². The molecule has 1 saturated heterocycles. The van der Waals surface area contributed by atoms with E-state index in [2.05, 4.69) is 5.32 Å². The standard InChI is InChI=1S/C12H23N3O/c1-14(2)12(16)15-8-6-11(7-9-15)13-10-4-3-5-10/h10-11,13H,3-9H2,1-2H3. The number of urea groups is 1. The van der Waals surface area contributed by atoms with Gasteiger partial charge >= 0.3 is 6.03 Å². The minimum Gasteiger partial charge on any atom is -0.331 e. The number of nitrogens with zero attached hydrogens (tertiary/aromatic N) is 2. The van der Waals surface area contributed by atoms with Gasteiger partial charge in [0, 0.05) is 39.3 Å². The number of amides is 2. The van der Waals surface area contributed by atoms with E-state index in [1.54, 1.807) is 4.90 Å². The molecular formula is C12H23N3O. The second kappa shape index (κ2) is 5.04. The van der Waals surface area contributed by atoms with Crippen LogP contribution in [0.3, 0.4) is 0 Å². The third-order valence-electron chi connectivity index (χ3n) is 3.72. The number of rotatable bonds is 2. The van der Waals surface area contributed by atoms with Gasteiger partial charge < -0.3 is 15.1 Å². The van der Waals surface area contributed by atoms with Crippen LogP contribution in [-0.2, 0) is 0 Å². The highest BCUT2D eigenvalue weighted by Crippen LogP contribution is 2.21. The number of hydrogen-bond donors (Lipinski definition) is 1. The molecule has 1 aliphatic heterocycles. The molecule has 0 aromatic heterocycles. The van der Waals surface area contributed by atoms with Crippen molar-refractivity contribution in [1.82, 2.24) is 15.1 Å². The second-order valence-corrected chi connectivity index (χ2v) is 5.23. The largest absolute Gasteiger partial charge is 0.331 e. The summed E-state index contributed by atoms with van der Waals surface area (Å²) in [5.74, 6) is 0. The fraction of sp³-hybridized carbons (Fsp3) is 0.917. The molecule has 2 fully saturated rings. The summed E-state index contributed by atoms with van der Waals surface area (Å²) >= 11 is 0. The Morgan fingerprint density at radius 3 is 2.12 bits per heavy atom. The van der Waals surface area contributed by atoms with E-state index in [4.69, 9.17) is 0 Å². The summed E-state index contributed by atoms with van der Waals surface area (Å²) in [5, 5.41) is 3.69. The molecule has 92 valence electrons. The van der Waals surface area contributed by atoms with Crippen LogP contribution in [0.4, 0.5) is 4.79 Å². The third-order valence-corrected chi connectivity index (χ3v) is 3.72. The Labute approximate surface area is 98.0 Å². The summed E-state index contributed by atoms with van der Waals surface area (Å²) in [5.41, 5.74) is 0. The van der Waals surface area contributed by atoms with Gasteiger partial charge in [0.2, 0.25) is 0 Å². The number of piperidine rings is 1. The lowest BCUT2D eigenvalue weighted by molar-refractivity contribution is 0.147. The van der Waals surface area contributed by atoms with Gasteiger partial charge in [0.25, 0.3) is 0 Å². The first-order chi connectivity index (χ1) is 7.66. The lowest BCUT2D eigenvalue weighted by Gasteiger charge is -2.37. The monoisotopic (exact) mass is 225 g/mol. The van der Waals surface area contributed by atoms with Gasteiger partial charge in [-0.3, -0.25) is 0 Å². The molecule has 1 aliphatic carbocycles. The van der Waals surface area contributed by atoms with Gasteiger partial charge in [0.15, 0.2) is 0 Å². The van der Waals surface area contributed by atoms with Crippen LogP contribution in [0, 0.1) is 0 Å². The van der Waals surface area contributed by atoms with E-state index in [-0.39, 0.29) is 6.03 Å². The molecule has 0 bridgehead atoms. The Hall–Kier alpha value is -0.770. The summed E-state index contributed by atoms with van der Waals surface area (Å²) in [4.78, 5) is 15.3. The first-order valence-corrected chi connectivity index (χ1v) is 6.39. The normalized spacial score (nSPS) is 23.0. The average Bonchev–Trinajstić information content (AvgIpc) is 2.23. The summed E-state index contributed by atoms with van der Waals surface area (Å²) in [6, 6.07) is 1.56. The van der Waals surface area contributed by atoms with Gasteiger partial charge in [-0.15, -0.1) is 0 Å². The summed E-state index contributed by atoms with van der Waals surface area (Å²) < 4.78 is 0. The first kappa shape index (κ1) is 11.7. The molecule has 2 amide bonds. The van der Waals surface area contributed by atoms with E-state index in [0.29, 0.717) is 6.04 Å². The van der Waals surface area contributed by atoms with E-state index < -0.39 is 0 Å². The maximum Gasteiger partial charge on any atom is 0.319 e. The van der Waals surface area contributed by atoms with E-state index in [9.17, 15) is 4.79 Å². The van der Waals surface area contributed by atoms with Crippen molar-refractivity contribution in [1.29, 1.82) is 0 Å². The Kier molecular flexibility index (Phi) is 3.69. The molecule has 0 spiro atoms. The summed E-state index contributed by atoms with van der Waals surface area (Å²) in [6.07, 6.45) is 6.29. The molecule has 1 saturated carbocycles. The van der Waals surface area contributed by atoms with Crippen molar-refractivity contribution in [2.45, 2.75) is 44.2 Å². The zero-order valence-corrected chi connectivity index (χ0v) is 10.4. The number of carbonyl (C=O) groups excluding carboxylic acids is 1. The quantitative estimate of drug-likeness (QED) is 0.768. The van der Waals surface area contributed by atoms with Crippen molar-refractivity contribution in [3.8, 4) is 0 Å². The van der Waals surface area contributed by atoms with Gasteiger partial charge in [-0.05, 0) is 25.7 Å². The molecule has 0 radical (unpaired) electrons. The molecule has 2 aliphatic rings. The van der Waals surface area contributed by atoms with Crippen molar-refractivity contribution < 1.29 is 4.79 Å². The molecule has 1 heterocycles. The van der Waals surface area contributed by atoms with Crippen molar-refractivity contribution in [3.05, 3.63) is 0 Å². The number of carbonyl (C=O) groups is 1. The van der Waals surface area contributed by atoms with E-state index in [1.165, 1.54) is 19.3 Å². The smallest absolute Gasteiger partial charge is 0.319 e. The van der Waals surface area contributed by atoms with E-state index >= 15 is 0 Å². The van der Waals surface area contributed by atoms with Crippen LogP contribution < -0.4 is 5.32 Å². The molecule has 4 nitrogen and oxygen atoms in total. The Morgan fingerprint density at radius 2 is 1.69 bits per heavy atom. The molecule has 4 heteroatoms. The van der Waals surface area contributed by atoms with E-state index in [0.717, 1.165) is 32.0 Å². The zero-order valence-electron chi connectivity index (χ0n) is 10.4. The fourth-order valence-corrected chi connectivity index (χ4v) is 2.43. The minimum absolute atomic E-state index is 0.155. The Bertz CT molecular complexity index is 243. The van der Waals surface area contributed by atoms with Crippen molar-refractivity contribution in [2.24, 2.45) is 0 Å². The Morgan fingerprint density at radius 1 is 1.12 bits per heavy atom. The van der Waals surface area contributed by atoms with Crippen LogP contribution in [0.25, 0.3) is 0 Å². The molecular weight excluding hydrogens is 202 g/mol. The molecule has 0 aromatic carbocycles. The Balaban J connectivity index is 1.71. The van der Waals surface area contributed by atoms with Crippen LogP contribution in [0.15, 0.2) is 0 Å². The van der Waals surface area contributed by atoms with Gasteiger partial charge in [-0.2, -0.15) is 0 Å². The fourth-order valence-electron chi connectivity index (χ4n) is 2.43. The van der Waals surface area contributed by atoms with Gasteiger partial charge in [-0.25, -0.2) is 4.79 Å². The van der Waals surface area contributed by atoms with Crippen molar-refractivity contribution >= 4 is 6.03 Å². The number of hydrogen-bond acceptors (Lipinski definition) is 2. The lowest BCUT2D eigenvalue weighted by atomic mass is 9.91. The minimum atomic E-state index is 0.155. The van der Waals surface area contributed by atoms with Crippen LogP contribution in [-0.4, -0.2) is 55.1 Å². The summed E-state index contributed by atoms with van der Waals surface area (Å²) in [7, 11) is 3.64. The molecule has 2 rings (SSSR count). The maximum absolute atomic E-state index is 11.7. The molecule has 16 heavy (non-hydrogen) atoms. The van der Waals surface area contributed by atoms with Gasteiger partial charge in [-0.1, -0.05) is 6.42 Å². The number of likely N-dealkylation sites (tertiary alicyclic amines) is 1. The lowest BCUT2D eigenvalue weighted by Crippen LogP contribution is -2.51. The topological polar surface area (TPSA) is 35.6 Å². The zero-order chi connectivity index (χ0) is 11.5. The van der Waals surface area contributed by atoms with E-state index in [1.807, 2.05) is 19.0 Å². The summed E-state index contributed by atoms with van der Waals surface area (Å²) in [6.45, 7) is 1.81. The maximum atomic E-state index is 11.7. The predicted molar refractivity (Wildman–Crippen MR) is 64.5 cm³/mol. The average molecular weight is 225 g/mol. The highest BCUT2D eigenvalue weighted by molar-refractivity contribution is 5.73. The molecule has 0 unspecified atom stereocenters. The van der Waals surface area contributed by atoms with Crippen LogP contribution in [0.2, 0.25) is 0 Å². The van der Waals surface area contributed by atoms with Crippen molar-refractivity contribution in [3.63, 3.8) is 0 Å². The molecule has 1 N–H and O–H groups in total. The highest BCUT2D eigenvalue weighted by atomic mass is 16.2. The first-order valence-electron chi connectivity index (χ1n) is 6.39. The second-order valence-electron chi connectivity index (χ2n) is 5.23. The van der Waals surface area contributed by atoms with Gasteiger partial charge in [0.1, 0.15) is 0 Å². The van der Waals surface area contributed by atoms with Crippen LogP contribution in [0.5, 0.6) is 0 Å². The molecule has 0 aromatic rings. The predicted octanol–water partition coefficient (Wildman–Crippen LogP) is 1.27. The highest BCUT2D eigenvalue weighted by Gasteiger charge is 2.26. The van der Waals surface area contributed by atoms with Crippen molar-refractivity contribution in [2.75, 3.05) is 27.2 Å².